The summed E-state index contributed by atoms with van der Waals surface area (Å²) in [6.45, 7) is 3.99. The minimum absolute atomic E-state index is 0. The molecule has 0 aromatic heterocycles. The van der Waals surface area contributed by atoms with E-state index in [1.165, 1.54) is 0 Å². The van der Waals surface area contributed by atoms with E-state index in [0.29, 0.717) is 6.61 Å². The molecular formula is C22H22LiNO4. The zero-order chi connectivity index (χ0) is 19.0. The molecule has 1 unspecified atom stereocenters. The fourth-order valence-electron chi connectivity index (χ4n) is 3.98. The molecule has 1 aliphatic heterocycles. The van der Waals surface area contributed by atoms with Crippen LogP contribution in [0.15, 0.2) is 72.5 Å². The molecule has 2 aliphatic rings. The van der Waals surface area contributed by atoms with Gasteiger partial charge >= 0.3 is 25.0 Å². The van der Waals surface area contributed by atoms with Crippen LogP contribution in [0.4, 0.5) is 4.79 Å². The van der Waals surface area contributed by atoms with Gasteiger partial charge in [0.25, 0.3) is 0 Å². The third kappa shape index (κ3) is 3.24. The first-order chi connectivity index (χ1) is 13.1. The largest absolute Gasteiger partial charge is 1.00 e. The molecule has 140 valence electrons. The van der Waals surface area contributed by atoms with Crippen molar-refractivity contribution < 1.29 is 38.2 Å². The maximum Gasteiger partial charge on any atom is 1.00 e. The molecule has 6 heteroatoms. The van der Waals surface area contributed by atoms with E-state index in [-0.39, 0.29) is 30.7 Å². The molecule has 4 atom stereocenters. The summed E-state index contributed by atoms with van der Waals surface area (Å²) in [5.74, 6) is -0.0999. The molecule has 1 saturated heterocycles. The predicted octanol–water partition coefficient (Wildman–Crippen LogP) is 0.347. The van der Waals surface area contributed by atoms with Gasteiger partial charge in [-0.2, -0.15) is 0 Å². The number of cyclic esters (lactones) is 1. The van der Waals surface area contributed by atoms with E-state index in [0.717, 1.165) is 11.1 Å². The molecule has 5 nitrogen and oxygen atoms in total. The molecule has 4 rings (SSSR count). The molecule has 1 aliphatic carbocycles. The summed E-state index contributed by atoms with van der Waals surface area (Å²) in [5.41, 5.74) is 0.849. The first-order valence-corrected chi connectivity index (χ1v) is 9.18. The molecule has 0 saturated carbocycles. The third-order valence-corrected chi connectivity index (χ3v) is 5.40. The van der Waals surface area contributed by atoms with Gasteiger partial charge in [0.1, 0.15) is 11.6 Å². The Morgan fingerprint density at radius 3 is 2.18 bits per heavy atom. The average molecular weight is 371 g/mol. The Morgan fingerprint density at radius 2 is 1.64 bits per heavy atom. The van der Waals surface area contributed by atoms with Crippen molar-refractivity contribution in [1.29, 1.82) is 0 Å². The summed E-state index contributed by atoms with van der Waals surface area (Å²) in [6.07, 6.45) is 0.675. The zero-order valence-electron chi connectivity index (χ0n) is 16.4. The molecule has 1 amide bonds. The number of carbonyl (C=O) groups excluding carboxylic acids is 1. The van der Waals surface area contributed by atoms with Crippen molar-refractivity contribution in [3.05, 3.63) is 83.6 Å². The average Bonchev–Trinajstić information content (AvgIpc) is 3.04. The van der Waals surface area contributed by atoms with Crippen LogP contribution in [-0.2, 0) is 9.47 Å². The first-order valence-electron chi connectivity index (χ1n) is 9.18. The van der Waals surface area contributed by atoms with E-state index in [4.69, 9.17) is 9.47 Å². The van der Waals surface area contributed by atoms with Gasteiger partial charge < -0.3 is 14.6 Å². The third-order valence-electron chi connectivity index (χ3n) is 5.40. The smallest absolute Gasteiger partial charge is 0.874 e. The van der Waals surface area contributed by atoms with Crippen LogP contribution in [-0.4, -0.2) is 29.2 Å². The maximum atomic E-state index is 12.9. The van der Waals surface area contributed by atoms with E-state index in [1.54, 1.807) is 17.9 Å². The summed E-state index contributed by atoms with van der Waals surface area (Å²) < 4.78 is 11.5. The summed E-state index contributed by atoms with van der Waals surface area (Å²) in [5, 5.41) is 12.3. The molecular weight excluding hydrogens is 349 g/mol. The quantitative estimate of drug-likeness (QED) is 0.712. The van der Waals surface area contributed by atoms with E-state index in [2.05, 4.69) is 0 Å². The maximum absolute atomic E-state index is 12.9. The molecule has 2 aromatic rings. The van der Waals surface area contributed by atoms with Crippen molar-refractivity contribution in [3.63, 3.8) is 0 Å². The second kappa shape index (κ2) is 8.04. The minimum atomic E-state index is -1.04. The topological polar surface area (TPSA) is 61.8 Å². The summed E-state index contributed by atoms with van der Waals surface area (Å²) >= 11 is 0. The second-order valence-corrected chi connectivity index (χ2v) is 6.99. The van der Waals surface area contributed by atoms with Gasteiger partial charge in [-0.15, -0.1) is 0 Å². The Bertz CT molecular complexity index is 857. The van der Waals surface area contributed by atoms with Crippen LogP contribution < -0.4 is 24.0 Å². The van der Waals surface area contributed by atoms with Gasteiger partial charge in [0.05, 0.1) is 6.04 Å². The fourth-order valence-corrected chi connectivity index (χ4v) is 3.98. The molecule has 0 spiro atoms. The number of amides is 1. The van der Waals surface area contributed by atoms with Gasteiger partial charge in [0.2, 0.25) is 0 Å². The monoisotopic (exact) mass is 371 g/mol. The Hall–Kier alpha value is -2.19. The van der Waals surface area contributed by atoms with Gasteiger partial charge in [-0.3, -0.25) is 4.90 Å². The SMILES string of the molecule is CCO[C@]1(C)C([O-])=CC1N1C(=O)O[C@@H](c2ccccc2)[C@H]1c1ccccc1.[Li+]. The number of hydrogen-bond donors (Lipinski definition) is 0. The van der Waals surface area contributed by atoms with Gasteiger partial charge in [-0.25, -0.2) is 4.79 Å². The van der Waals surface area contributed by atoms with Crippen molar-refractivity contribution in [2.45, 2.75) is 37.6 Å². The van der Waals surface area contributed by atoms with Crippen molar-refractivity contribution in [3.8, 4) is 0 Å². The summed E-state index contributed by atoms with van der Waals surface area (Å²) in [7, 11) is 0. The zero-order valence-corrected chi connectivity index (χ0v) is 16.4. The van der Waals surface area contributed by atoms with Crippen LogP contribution >= 0.6 is 0 Å². The van der Waals surface area contributed by atoms with Crippen LogP contribution in [0, 0.1) is 0 Å². The molecule has 1 fully saturated rings. The first kappa shape index (κ1) is 20.5. The summed E-state index contributed by atoms with van der Waals surface area (Å²) in [4.78, 5) is 14.5. The number of nitrogens with zero attached hydrogens (tertiary/aromatic N) is 1. The molecule has 0 N–H and O–H groups in total. The van der Waals surface area contributed by atoms with Crippen LogP contribution in [0.1, 0.15) is 37.1 Å². The van der Waals surface area contributed by atoms with Gasteiger partial charge in [-0.05, 0) is 25.0 Å². The Labute approximate surface area is 177 Å². The van der Waals surface area contributed by atoms with Crippen molar-refractivity contribution >= 4 is 6.09 Å². The molecule has 0 radical (unpaired) electrons. The second-order valence-electron chi connectivity index (χ2n) is 6.99. The Balaban J connectivity index is 0.00000225. The molecule has 1 heterocycles. The van der Waals surface area contributed by atoms with Crippen LogP contribution in [0.5, 0.6) is 0 Å². The van der Waals surface area contributed by atoms with Crippen LogP contribution in [0.25, 0.3) is 0 Å². The van der Waals surface area contributed by atoms with Gasteiger partial charge in [-0.1, -0.05) is 72.5 Å². The number of benzene rings is 2. The van der Waals surface area contributed by atoms with E-state index < -0.39 is 23.8 Å². The van der Waals surface area contributed by atoms with Crippen molar-refractivity contribution in [2.75, 3.05) is 6.61 Å². The van der Waals surface area contributed by atoms with Gasteiger partial charge in [0.15, 0.2) is 6.10 Å². The van der Waals surface area contributed by atoms with Crippen molar-refractivity contribution in [2.24, 2.45) is 0 Å². The molecule has 28 heavy (non-hydrogen) atoms. The number of ether oxygens (including phenoxy) is 2. The number of carbonyl (C=O) groups is 1. The van der Waals surface area contributed by atoms with E-state index in [1.807, 2.05) is 67.6 Å². The number of hydrogen-bond acceptors (Lipinski definition) is 4. The normalized spacial score (nSPS) is 28.8. The standard InChI is InChI=1S/C22H23NO4.Li/c1-3-26-22(2)17(14-18(22)24)23-19(15-10-6-4-7-11-15)20(27-21(23)25)16-12-8-5-9-13-16;/h4-14,17,19-20,24H,3H2,1-2H3;/q;+1/p-1/t17?,19-,20+,22+;/m1./s1. The Kier molecular flexibility index (Phi) is 5.90. The van der Waals surface area contributed by atoms with Crippen LogP contribution in [0.2, 0.25) is 0 Å². The fraction of sp³-hybridized carbons (Fsp3) is 0.318. The van der Waals surface area contributed by atoms with Crippen LogP contribution in [0.3, 0.4) is 0 Å². The number of rotatable bonds is 5. The van der Waals surface area contributed by atoms with Gasteiger partial charge in [0, 0.05) is 6.61 Å². The summed E-state index contributed by atoms with van der Waals surface area (Å²) in [6, 6.07) is 18.7. The van der Waals surface area contributed by atoms with E-state index in [9.17, 15) is 9.90 Å². The van der Waals surface area contributed by atoms with Crippen molar-refractivity contribution in [1.82, 2.24) is 4.90 Å². The molecule has 0 bridgehead atoms. The Morgan fingerprint density at radius 1 is 1.07 bits per heavy atom. The molecule has 2 aromatic carbocycles. The minimum Gasteiger partial charge on any atom is -0.874 e. The predicted molar refractivity (Wildman–Crippen MR) is 98.6 cm³/mol. The van der Waals surface area contributed by atoms with E-state index >= 15 is 0 Å².